The summed E-state index contributed by atoms with van der Waals surface area (Å²) in [4.78, 5) is 13.3. The van der Waals surface area contributed by atoms with Crippen LogP contribution in [0.3, 0.4) is 0 Å². The van der Waals surface area contributed by atoms with Gasteiger partial charge in [0.1, 0.15) is 6.61 Å². The van der Waals surface area contributed by atoms with Gasteiger partial charge in [-0.05, 0) is 23.7 Å². The highest BCUT2D eigenvalue weighted by Crippen LogP contribution is 2.12. The van der Waals surface area contributed by atoms with E-state index in [1.54, 1.807) is 12.3 Å². The monoisotopic (exact) mass is 351 g/mol. The molecule has 0 saturated carbocycles. The fraction of sp³-hybridized carbons (Fsp3) is 0.450. The van der Waals surface area contributed by atoms with Gasteiger partial charge in [0.2, 0.25) is 0 Å². The maximum Gasteiger partial charge on any atom is 0.316 e. The molecule has 0 amide bonds. The highest BCUT2D eigenvalue weighted by atomic mass is 16.5. The van der Waals surface area contributed by atoms with E-state index in [1.807, 2.05) is 0 Å². The average Bonchev–Trinajstić information content (AvgIpc) is 2.69. The first-order valence-electron chi connectivity index (χ1n) is 9.11. The van der Waals surface area contributed by atoms with Crippen LogP contribution in [-0.4, -0.2) is 52.5 Å². The van der Waals surface area contributed by atoms with E-state index in [0.29, 0.717) is 18.3 Å². The van der Waals surface area contributed by atoms with Crippen molar-refractivity contribution in [1.82, 2.24) is 19.8 Å². The Balaban J connectivity index is 1.49. The van der Waals surface area contributed by atoms with Gasteiger partial charge in [0, 0.05) is 38.9 Å². The van der Waals surface area contributed by atoms with Crippen LogP contribution in [0, 0.1) is 11.3 Å². The Morgan fingerprint density at radius 1 is 1.04 bits per heavy atom. The highest BCUT2D eigenvalue weighted by molar-refractivity contribution is 5.22. The Morgan fingerprint density at radius 3 is 2.42 bits per heavy atom. The number of piperazine rings is 1. The topological polar surface area (TPSA) is 65.3 Å². The third-order valence-corrected chi connectivity index (χ3v) is 4.66. The normalized spacial score (nSPS) is 15.5. The second-order valence-electron chi connectivity index (χ2n) is 6.48. The molecule has 0 unspecified atom stereocenters. The summed E-state index contributed by atoms with van der Waals surface area (Å²) < 4.78 is 5.65. The van der Waals surface area contributed by atoms with Crippen molar-refractivity contribution in [2.75, 3.05) is 32.7 Å². The third-order valence-electron chi connectivity index (χ3n) is 4.66. The lowest BCUT2D eigenvalue weighted by Gasteiger charge is -2.34. The molecule has 0 atom stereocenters. The van der Waals surface area contributed by atoms with E-state index >= 15 is 0 Å². The molecular weight excluding hydrogens is 326 g/mol. The van der Waals surface area contributed by atoms with E-state index in [1.165, 1.54) is 5.56 Å². The second kappa shape index (κ2) is 9.27. The lowest BCUT2D eigenvalue weighted by Crippen LogP contribution is -2.45. The summed E-state index contributed by atoms with van der Waals surface area (Å²) in [6.45, 7) is 9.38. The molecule has 3 rings (SSSR count). The number of nitriles is 1. The minimum atomic E-state index is 0.264. The van der Waals surface area contributed by atoms with Gasteiger partial charge in [-0.25, -0.2) is 4.98 Å². The number of aromatic nitrogens is 2. The van der Waals surface area contributed by atoms with Crippen molar-refractivity contribution in [3.63, 3.8) is 0 Å². The van der Waals surface area contributed by atoms with Gasteiger partial charge in [-0.2, -0.15) is 10.2 Å². The molecule has 136 valence electrons. The fourth-order valence-electron chi connectivity index (χ4n) is 3.04. The molecule has 1 saturated heterocycles. The van der Waals surface area contributed by atoms with Crippen molar-refractivity contribution in [1.29, 1.82) is 5.26 Å². The van der Waals surface area contributed by atoms with Crippen molar-refractivity contribution in [2.24, 2.45) is 0 Å². The van der Waals surface area contributed by atoms with Crippen LogP contribution in [0.15, 0.2) is 36.5 Å². The average molecular weight is 351 g/mol. The first kappa shape index (κ1) is 18.3. The number of ether oxygens (including phenoxy) is 1. The molecule has 6 nitrogen and oxygen atoms in total. The van der Waals surface area contributed by atoms with Crippen molar-refractivity contribution < 1.29 is 4.74 Å². The van der Waals surface area contributed by atoms with Crippen LogP contribution in [0.5, 0.6) is 6.01 Å². The second-order valence-corrected chi connectivity index (χ2v) is 6.48. The number of hydrogen-bond acceptors (Lipinski definition) is 6. The minimum absolute atomic E-state index is 0.264. The maximum absolute atomic E-state index is 8.73. The predicted molar refractivity (Wildman–Crippen MR) is 99.5 cm³/mol. The van der Waals surface area contributed by atoms with Gasteiger partial charge < -0.3 is 9.64 Å². The van der Waals surface area contributed by atoms with E-state index in [2.05, 4.69) is 57.0 Å². The minimum Gasteiger partial charge on any atom is -0.459 e. The van der Waals surface area contributed by atoms with Crippen LogP contribution in [0.25, 0.3) is 0 Å². The number of likely N-dealkylation sites (N-methyl/N-ethyl adjacent to an activating group) is 1. The lowest BCUT2D eigenvalue weighted by atomic mass is 10.1. The molecule has 0 radical (unpaired) electrons. The number of hydrogen-bond donors (Lipinski definition) is 0. The largest absolute Gasteiger partial charge is 0.459 e. The molecule has 1 aromatic heterocycles. The molecule has 0 spiro atoms. The Hall–Kier alpha value is -2.49. The van der Waals surface area contributed by atoms with E-state index < -0.39 is 0 Å². The Kier molecular flexibility index (Phi) is 6.53. The molecule has 2 aromatic rings. The van der Waals surface area contributed by atoms with Gasteiger partial charge in [0.25, 0.3) is 0 Å². The van der Waals surface area contributed by atoms with Gasteiger partial charge in [0.05, 0.1) is 18.2 Å². The van der Waals surface area contributed by atoms with Crippen molar-refractivity contribution in [3.05, 3.63) is 53.3 Å². The van der Waals surface area contributed by atoms with Gasteiger partial charge in [-0.3, -0.25) is 4.90 Å². The van der Waals surface area contributed by atoms with Crippen LogP contribution in [0.1, 0.15) is 23.7 Å². The zero-order valence-electron chi connectivity index (χ0n) is 15.3. The smallest absolute Gasteiger partial charge is 0.316 e. The molecule has 26 heavy (non-hydrogen) atoms. The summed E-state index contributed by atoms with van der Waals surface area (Å²) >= 11 is 0. The lowest BCUT2D eigenvalue weighted by molar-refractivity contribution is 0.132. The van der Waals surface area contributed by atoms with Crippen molar-refractivity contribution in [2.45, 2.75) is 26.5 Å². The van der Waals surface area contributed by atoms with E-state index in [4.69, 9.17) is 10.00 Å². The van der Waals surface area contributed by atoms with Crippen LogP contribution in [0.4, 0.5) is 0 Å². The Labute approximate surface area is 155 Å². The van der Waals surface area contributed by atoms with Gasteiger partial charge in [0.15, 0.2) is 0 Å². The molecule has 1 aromatic carbocycles. The molecule has 2 heterocycles. The summed E-state index contributed by atoms with van der Waals surface area (Å²) in [5, 5.41) is 8.73. The fourth-order valence-corrected chi connectivity index (χ4v) is 3.04. The molecule has 1 fully saturated rings. The molecule has 0 aliphatic carbocycles. The first-order chi connectivity index (χ1) is 12.8. The van der Waals surface area contributed by atoms with Crippen molar-refractivity contribution in [3.8, 4) is 12.1 Å². The van der Waals surface area contributed by atoms with E-state index in [-0.39, 0.29) is 6.42 Å². The van der Waals surface area contributed by atoms with Crippen molar-refractivity contribution >= 4 is 0 Å². The maximum atomic E-state index is 8.73. The summed E-state index contributed by atoms with van der Waals surface area (Å²) in [6, 6.07) is 12.6. The first-order valence-corrected chi connectivity index (χ1v) is 9.11. The summed E-state index contributed by atoms with van der Waals surface area (Å²) in [7, 11) is 0. The Morgan fingerprint density at radius 2 is 1.73 bits per heavy atom. The van der Waals surface area contributed by atoms with Gasteiger partial charge in [-0.1, -0.05) is 31.2 Å². The van der Waals surface area contributed by atoms with Crippen LogP contribution in [-0.2, 0) is 19.6 Å². The molecule has 0 N–H and O–H groups in total. The van der Waals surface area contributed by atoms with Crippen LogP contribution in [0.2, 0.25) is 0 Å². The molecule has 1 aliphatic heterocycles. The van der Waals surface area contributed by atoms with E-state index in [0.717, 1.165) is 44.8 Å². The SMILES string of the molecule is CCN1CCN(Cc2ccc(COc3nccc(CC#N)n3)cc2)CC1. The predicted octanol–water partition coefficient (Wildman–Crippen LogP) is 2.26. The molecule has 0 bridgehead atoms. The zero-order valence-corrected chi connectivity index (χ0v) is 15.3. The molecular formula is C20H25N5O. The molecule has 6 heteroatoms. The quantitative estimate of drug-likeness (QED) is 0.762. The van der Waals surface area contributed by atoms with E-state index in [9.17, 15) is 0 Å². The van der Waals surface area contributed by atoms with Crippen LogP contribution < -0.4 is 4.74 Å². The standard InChI is InChI=1S/C20H25N5O/c1-2-24-11-13-25(14-12-24)15-17-3-5-18(6-4-17)16-26-20-22-10-8-19(23-20)7-9-21/h3-6,8,10H,2,7,11-16H2,1H3. The number of nitrogens with zero attached hydrogens (tertiary/aromatic N) is 5. The summed E-state index contributed by atoms with van der Waals surface area (Å²) in [6.07, 6.45) is 1.89. The zero-order chi connectivity index (χ0) is 18.2. The van der Waals surface area contributed by atoms with Gasteiger partial charge in [-0.15, -0.1) is 0 Å². The third kappa shape index (κ3) is 5.25. The van der Waals surface area contributed by atoms with Crippen LogP contribution >= 0.6 is 0 Å². The van der Waals surface area contributed by atoms with Gasteiger partial charge >= 0.3 is 6.01 Å². The molecule has 1 aliphatic rings. The summed E-state index contributed by atoms with van der Waals surface area (Å²) in [5.74, 6) is 0. The number of benzene rings is 1. The summed E-state index contributed by atoms with van der Waals surface area (Å²) in [5.41, 5.74) is 3.08. The Bertz CT molecular complexity index is 733. The number of rotatable bonds is 7. The highest BCUT2D eigenvalue weighted by Gasteiger charge is 2.15.